The third-order valence-corrected chi connectivity index (χ3v) is 8.02. The maximum Gasteiger partial charge on any atom is 0.270 e. The van der Waals surface area contributed by atoms with Crippen molar-refractivity contribution in [3.05, 3.63) is 121 Å². The van der Waals surface area contributed by atoms with Crippen LogP contribution in [0.4, 0.5) is 0 Å². The molecule has 4 nitrogen and oxygen atoms in total. The Labute approximate surface area is 220 Å². The average Bonchev–Trinajstić information content (AvgIpc) is 3.58. The van der Waals surface area contributed by atoms with E-state index in [1.165, 1.54) is 31.3 Å². The number of aromatic nitrogens is 2. The van der Waals surface area contributed by atoms with E-state index in [0.29, 0.717) is 5.69 Å². The first-order valence-electron chi connectivity index (χ1n) is 12.6. The second kappa shape index (κ2) is 10.0. The van der Waals surface area contributed by atoms with Gasteiger partial charge in [-0.15, -0.1) is 11.3 Å². The first kappa shape index (κ1) is 23.2. The van der Waals surface area contributed by atoms with E-state index in [0.717, 1.165) is 24.1 Å². The van der Waals surface area contributed by atoms with Gasteiger partial charge < -0.3 is 5.32 Å². The third-order valence-electron chi connectivity index (χ3n) is 6.80. The van der Waals surface area contributed by atoms with E-state index in [1.807, 2.05) is 53.2 Å². The topological polar surface area (TPSA) is 46.9 Å². The maximum atomic E-state index is 13.2. The summed E-state index contributed by atoms with van der Waals surface area (Å²) in [5.41, 5.74) is 5.03. The minimum atomic E-state index is -0.116. The quantitative estimate of drug-likeness (QED) is 0.244. The molecule has 0 spiro atoms. The molecule has 0 saturated heterocycles. The molecule has 6 aromatic rings. The molecule has 4 aromatic carbocycles. The smallest absolute Gasteiger partial charge is 0.270 e. The molecule has 2 aromatic heterocycles. The number of carbonyl (C=O) groups excluding carboxylic acids is 1. The monoisotopic (exact) mass is 501 g/mol. The molecule has 0 aliphatic rings. The van der Waals surface area contributed by atoms with Crippen LogP contribution in [0.2, 0.25) is 0 Å². The van der Waals surface area contributed by atoms with Crippen LogP contribution in [0.5, 0.6) is 0 Å². The molecule has 5 heteroatoms. The number of imidazole rings is 1. The fraction of sp³-hybridized carbons (Fsp3) is 0.125. The van der Waals surface area contributed by atoms with Crippen molar-refractivity contribution in [2.45, 2.75) is 25.8 Å². The molecule has 37 heavy (non-hydrogen) atoms. The van der Waals surface area contributed by atoms with Gasteiger partial charge in [0.2, 0.25) is 0 Å². The number of nitrogens with one attached hydrogen (secondary N) is 1. The summed E-state index contributed by atoms with van der Waals surface area (Å²) in [7, 11) is 0. The summed E-state index contributed by atoms with van der Waals surface area (Å²) in [6.45, 7) is 2.05. The molecular weight excluding hydrogens is 474 g/mol. The summed E-state index contributed by atoms with van der Waals surface area (Å²) in [6.07, 6.45) is 5.15. The highest BCUT2D eigenvalue weighted by molar-refractivity contribution is 7.26. The van der Waals surface area contributed by atoms with Gasteiger partial charge in [-0.25, -0.2) is 4.98 Å². The lowest BCUT2D eigenvalue weighted by atomic mass is 10.0. The molecule has 0 aliphatic carbocycles. The van der Waals surface area contributed by atoms with E-state index >= 15 is 0 Å². The highest BCUT2D eigenvalue weighted by Gasteiger charge is 2.17. The van der Waals surface area contributed by atoms with Gasteiger partial charge in [0.1, 0.15) is 5.69 Å². The number of fused-ring (bicyclic) bond motifs is 3. The number of benzene rings is 4. The van der Waals surface area contributed by atoms with Gasteiger partial charge in [-0.1, -0.05) is 78.9 Å². The van der Waals surface area contributed by atoms with Crippen LogP contribution in [-0.4, -0.2) is 21.5 Å². The van der Waals surface area contributed by atoms with Crippen molar-refractivity contribution >= 4 is 37.4 Å². The zero-order valence-corrected chi connectivity index (χ0v) is 21.4. The number of rotatable bonds is 7. The Balaban J connectivity index is 1.26. The van der Waals surface area contributed by atoms with Crippen LogP contribution in [-0.2, 0) is 6.42 Å². The lowest BCUT2D eigenvalue weighted by Gasteiger charge is -2.15. The SMILES string of the molecule is CC(CCc1ccccc1)NC(=O)c1cncn1-c1cccc(-c2cccc3c2sc2ccccc23)c1. The number of aryl methyl sites for hydroxylation is 1. The van der Waals surface area contributed by atoms with Gasteiger partial charge in [-0.05, 0) is 54.7 Å². The Morgan fingerprint density at radius 3 is 2.59 bits per heavy atom. The minimum absolute atomic E-state index is 0.0490. The normalized spacial score (nSPS) is 12.1. The van der Waals surface area contributed by atoms with Crippen molar-refractivity contribution in [3.63, 3.8) is 0 Å². The molecule has 6 rings (SSSR count). The van der Waals surface area contributed by atoms with Crippen molar-refractivity contribution in [1.82, 2.24) is 14.9 Å². The Kier molecular flexibility index (Phi) is 6.29. The van der Waals surface area contributed by atoms with Crippen molar-refractivity contribution in [2.75, 3.05) is 0 Å². The summed E-state index contributed by atoms with van der Waals surface area (Å²) in [6, 6.07) is 33.8. The molecule has 1 N–H and O–H groups in total. The Hall–Kier alpha value is -4.22. The second-order valence-electron chi connectivity index (χ2n) is 9.38. The van der Waals surface area contributed by atoms with E-state index in [1.54, 1.807) is 12.5 Å². The zero-order chi connectivity index (χ0) is 25.2. The predicted octanol–water partition coefficient (Wildman–Crippen LogP) is 7.66. The van der Waals surface area contributed by atoms with Crippen LogP contribution in [0.3, 0.4) is 0 Å². The molecule has 0 aliphatic heterocycles. The van der Waals surface area contributed by atoms with Gasteiger partial charge in [0.15, 0.2) is 0 Å². The third kappa shape index (κ3) is 4.66. The highest BCUT2D eigenvalue weighted by Crippen LogP contribution is 2.40. The first-order chi connectivity index (χ1) is 18.2. The van der Waals surface area contributed by atoms with Crippen LogP contribution in [0.25, 0.3) is 37.0 Å². The molecule has 182 valence electrons. The van der Waals surface area contributed by atoms with Gasteiger partial charge in [0.05, 0.1) is 12.5 Å². The molecule has 0 saturated carbocycles. The Morgan fingerprint density at radius 2 is 1.70 bits per heavy atom. The van der Waals surface area contributed by atoms with Crippen molar-refractivity contribution in [2.24, 2.45) is 0 Å². The van der Waals surface area contributed by atoms with Gasteiger partial charge in [0.25, 0.3) is 5.91 Å². The predicted molar refractivity (Wildman–Crippen MR) is 154 cm³/mol. The lowest BCUT2D eigenvalue weighted by molar-refractivity contribution is 0.0931. The molecule has 0 fully saturated rings. The van der Waals surface area contributed by atoms with Crippen LogP contribution in [0, 0.1) is 0 Å². The largest absolute Gasteiger partial charge is 0.348 e. The number of thiophene rings is 1. The van der Waals surface area contributed by atoms with Gasteiger partial charge in [-0.2, -0.15) is 0 Å². The van der Waals surface area contributed by atoms with Gasteiger partial charge >= 0.3 is 0 Å². The summed E-state index contributed by atoms with van der Waals surface area (Å²) in [5.74, 6) is -0.116. The van der Waals surface area contributed by atoms with Crippen molar-refractivity contribution in [3.8, 4) is 16.8 Å². The minimum Gasteiger partial charge on any atom is -0.348 e. The summed E-state index contributed by atoms with van der Waals surface area (Å²) >= 11 is 1.82. The van der Waals surface area contributed by atoms with Crippen LogP contribution < -0.4 is 5.32 Å². The van der Waals surface area contributed by atoms with E-state index in [2.05, 4.69) is 77.0 Å². The standard InChI is InChI=1S/C32H27N3OS/c1-22(17-18-23-9-3-2-4-10-23)34-32(36)29-20-33-21-35(29)25-12-7-11-24(19-25)26-14-8-15-28-27-13-5-6-16-30(27)37-31(26)28/h2-16,19-22H,17-18H2,1H3,(H,34,36). The number of carbonyl (C=O) groups is 1. The molecule has 1 atom stereocenters. The lowest BCUT2D eigenvalue weighted by Crippen LogP contribution is -2.34. The summed E-state index contributed by atoms with van der Waals surface area (Å²) in [5, 5.41) is 5.71. The molecular formula is C32H27N3OS. The molecule has 1 unspecified atom stereocenters. The Bertz CT molecular complexity index is 1700. The summed E-state index contributed by atoms with van der Waals surface area (Å²) in [4.78, 5) is 17.5. The van der Waals surface area contributed by atoms with E-state index < -0.39 is 0 Å². The zero-order valence-electron chi connectivity index (χ0n) is 20.6. The van der Waals surface area contributed by atoms with E-state index in [-0.39, 0.29) is 11.9 Å². The summed E-state index contributed by atoms with van der Waals surface area (Å²) < 4.78 is 4.43. The number of amides is 1. The highest BCUT2D eigenvalue weighted by atomic mass is 32.1. The first-order valence-corrected chi connectivity index (χ1v) is 13.4. The maximum absolute atomic E-state index is 13.2. The van der Waals surface area contributed by atoms with E-state index in [9.17, 15) is 4.79 Å². The van der Waals surface area contributed by atoms with Crippen LogP contribution in [0.1, 0.15) is 29.4 Å². The molecule has 2 heterocycles. The van der Waals surface area contributed by atoms with Crippen molar-refractivity contribution in [1.29, 1.82) is 0 Å². The fourth-order valence-corrected chi connectivity index (χ4v) is 6.10. The van der Waals surface area contributed by atoms with E-state index in [4.69, 9.17) is 0 Å². The average molecular weight is 502 g/mol. The Morgan fingerprint density at radius 1 is 0.919 bits per heavy atom. The van der Waals surface area contributed by atoms with Crippen LogP contribution >= 0.6 is 11.3 Å². The molecule has 0 bridgehead atoms. The number of hydrogen-bond acceptors (Lipinski definition) is 3. The van der Waals surface area contributed by atoms with Crippen molar-refractivity contribution < 1.29 is 4.79 Å². The molecule has 0 radical (unpaired) electrons. The van der Waals surface area contributed by atoms with Gasteiger partial charge in [-0.3, -0.25) is 9.36 Å². The fourth-order valence-electron chi connectivity index (χ4n) is 4.86. The number of hydrogen-bond donors (Lipinski definition) is 1. The van der Waals surface area contributed by atoms with Crippen LogP contribution in [0.15, 0.2) is 110 Å². The molecule has 1 amide bonds. The number of nitrogens with zero attached hydrogens (tertiary/aromatic N) is 2. The second-order valence-corrected chi connectivity index (χ2v) is 10.4. The van der Waals surface area contributed by atoms with Gasteiger partial charge in [0, 0.05) is 31.9 Å².